The van der Waals surface area contributed by atoms with Gasteiger partial charge in [-0.05, 0) is 13.8 Å². The zero-order valence-electron chi connectivity index (χ0n) is 5.10. The molecule has 7 heavy (non-hydrogen) atoms. The highest BCUT2D eigenvalue weighted by molar-refractivity contribution is 7.01. The standard InChI is InChI=1S/C4H12OSi2/c1-4(2)3-7(5)6/h3,5,7H,1-2,6H3. The van der Waals surface area contributed by atoms with Crippen LogP contribution in [0.2, 0.25) is 0 Å². The molecule has 0 aromatic heterocycles. The largest absolute Gasteiger partial charge is 0.435 e. The second-order valence-corrected chi connectivity index (χ2v) is 7.35. The second-order valence-electron chi connectivity index (χ2n) is 1.98. The zero-order valence-corrected chi connectivity index (χ0v) is 8.26. The monoisotopic (exact) mass is 132 g/mol. The van der Waals surface area contributed by atoms with Gasteiger partial charge in [-0.25, -0.2) is 0 Å². The average Bonchev–Trinajstić information content (AvgIpc) is 1.27. The average molecular weight is 132 g/mol. The molecule has 0 spiro atoms. The molecule has 3 heteroatoms. The van der Waals surface area contributed by atoms with E-state index in [1.54, 1.807) is 0 Å². The van der Waals surface area contributed by atoms with Crippen molar-refractivity contribution in [2.75, 3.05) is 0 Å². The molecule has 0 rings (SSSR count). The molecule has 0 fully saturated rings. The summed E-state index contributed by atoms with van der Waals surface area (Å²) in [7, 11) is -0.267. The minimum absolute atomic E-state index is 0.985. The smallest absolute Gasteiger partial charge is 0.172 e. The molecule has 0 saturated heterocycles. The third-order valence-electron chi connectivity index (χ3n) is 0.575. The van der Waals surface area contributed by atoms with Crippen molar-refractivity contribution in [3.8, 4) is 0 Å². The highest BCUT2D eigenvalue weighted by Gasteiger charge is 1.87. The Morgan fingerprint density at radius 2 is 2.14 bits per heavy atom. The number of rotatable bonds is 1. The molecule has 1 unspecified atom stereocenters. The van der Waals surface area contributed by atoms with Crippen LogP contribution in [0.15, 0.2) is 11.3 Å². The lowest BCUT2D eigenvalue weighted by Gasteiger charge is -1.90. The summed E-state index contributed by atoms with van der Waals surface area (Å²) in [6.07, 6.45) is 0. The van der Waals surface area contributed by atoms with E-state index in [1.807, 2.05) is 19.5 Å². The van der Waals surface area contributed by atoms with Crippen molar-refractivity contribution >= 4 is 18.3 Å². The first-order valence-electron chi connectivity index (χ1n) is 2.46. The van der Waals surface area contributed by atoms with Crippen LogP contribution in [0, 0.1) is 0 Å². The molecule has 1 atom stereocenters. The van der Waals surface area contributed by atoms with Crippen molar-refractivity contribution in [1.29, 1.82) is 0 Å². The fourth-order valence-corrected chi connectivity index (χ4v) is 3.45. The maximum atomic E-state index is 8.85. The quantitative estimate of drug-likeness (QED) is 0.457. The van der Waals surface area contributed by atoms with Crippen molar-refractivity contribution in [1.82, 2.24) is 0 Å². The molecular weight excluding hydrogens is 120 g/mol. The van der Waals surface area contributed by atoms with E-state index >= 15 is 0 Å². The maximum Gasteiger partial charge on any atom is 0.172 e. The summed E-state index contributed by atoms with van der Waals surface area (Å²) in [5, 5.41) is 0. The van der Waals surface area contributed by atoms with E-state index in [1.165, 1.54) is 5.57 Å². The fourth-order valence-electron chi connectivity index (χ4n) is 0.482. The van der Waals surface area contributed by atoms with Crippen molar-refractivity contribution in [2.24, 2.45) is 0 Å². The van der Waals surface area contributed by atoms with E-state index in [9.17, 15) is 0 Å². The second kappa shape index (κ2) is 3.18. The summed E-state index contributed by atoms with van der Waals surface area (Å²) < 4.78 is 0. The van der Waals surface area contributed by atoms with Crippen LogP contribution in [0.25, 0.3) is 0 Å². The van der Waals surface area contributed by atoms with Gasteiger partial charge < -0.3 is 4.80 Å². The van der Waals surface area contributed by atoms with E-state index < -0.39 is 8.56 Å². The van der Waals surface area contributed by atoms with Gasteiger partial charge in [-0.15, -0.1) is 0 Å². The Bertz CT molecular complexity index is 73.8. The topological polar surface area (TPSA) is 20.2 Å². The minimum atomic E-state index is -1.25. The summed E-state index contributed by atoms with van der Waals surface area (Å²) in [5.74, 6) is 0. The third-order valence-corrected chi connectivity index (χ3v) is 2.72. The fraction of sp³-hybridized carbons (Fsp3) is 0.500. The SMILES string of the molecule is CC(C)=C[SiH](O)[SiH3]. The molecule has 0 bridgehead atoms. The van der Waals surface area contributed by atoms with E-state index in [-0.39, 0.29) is 0 Å². The molecule has 0 saturated carbocycles. The van der Waals surface area contributed by atoms with Gasteiger partial charge in [0.05, 0.1) is 0 Å². The van der Waals surface area contributed by atoms with Crippen LogP contribution < -0.4 is 0 Å². The van der Waals surface area contributed by atoms with Gasteiger partial charge in [0.15, 0.2) is 8.56 Å². The molecule has 0 aliphatic heterocycles. The Balaban J connectivity index is 3.45. The lowest BCUT2D eigenvalue weighted by atomic mass is 10.4. The van der Waals surface area contributed by atoms with Gasteiger partial charge in [0.25, 0.3) is 0 Å². The van der Waals surface area contributed by atoms with Crippen LogP contribution in [0.5, 0.6) is 0 Å². The first-order valence-corrected chi connectivity index (χ1v) is 8.26. The van der Waals surface area contributed by atoms with Crippen molar-refractivity contribution in [3.05, 3.63) is 11.3 Å². The Labute approximate surface area is 49.0 Å². The van der Waals surface area contributed by atoms with Crippen LogP contribution in [0.3, 0.4) is 0 Å². The number of hydrogen-bond donors (Lipinski definition) is 1. The normalized spacial score (nSPS) is 13.6. The highest BCUT2D eigenvalue weighted by Crippen LogP contribution is 1.86. The van der Waals surface area contributed by atoms with Crippen LogP contribution in [0.1, 0.15) is 13.8 Å². The van der Waals surface area contributed by atoms with E-state index in [0.29, 0.717) is 0 Å². The van der Waals surface area contributed by atoms with Crippen LogP contribution in [-0.2, 0) is 0 Å². The van der Waals surface area contributed by atoms with Gasteiger partial charge in [-0.1, -0.05) is 11.3 Å². The van der Waals surface area contributed by atoms with E-state index in [2.05, 4.69) is 0 Å². The van der Waals surface area contributed by atoms with Crippen LogP contribution in [-0.4, -0.2) is 23.1 Å². The first-order chi connectivity index (χ1) is 3.13. The molecule has 0 radical (unpaired) electrons. The summed E-state index contributed by atoms with van der Waals surface area (Å²) in [5.41, 5.74) is 3.26. The molecule has 42 valence electrons. The third kappa shape index (κ3) is 6.13. The molecule has 0 aromatic carbocycles. The molecule has 0 amide bonds. The van der Waals surface area contributed by atoms with E-state index in [4.69, 9.17) is 4.80 Å². The van der Waals surface area contributed by atoms with Crippen molar-refractivity contribution in [3.63, 3.8) is 0 Å². The van der Waals surface area contributed by atoms with E-state index in [0.717, 1.165) is 9.76 Å². The predicted octanol–water partition coefficient (Wildman–Crippen LogP) is -0.930. The molecule has 0 aliphatic rings. The molecule has 0 aromatic rings. The maximum absolute atomic E-state index is 8.85. The van der Waals surface area contributed by atoms with Crippen molar-refractivity contribution in [2.45, 2.75) is 13.8 Å². The summed E-state index contributed by atoms with van der Waals surface area (Å²) in [4.78, 5) is 8.85. The summed E-state index contributed by atoms with van der Waals surface area (Å²) in [6.45, 7) is 4.04. The van der Waals surface area contributed by atoms with Gasteiger partial charge in [-0.2, -0.15) is 0 Å². The lowest BCUT2D eigenvalue weighted by Crippen LogP contribution is -2.07. The Morgan fingerprint density at radius 3 is 2.14 bits per heavy atom. The van der Waals surface area contributed by atoms with Gasteiger partial charge in [0.1, 0.15) is 0 Å². The zero-order chi connectivity index (χ0) is 5.86. The minimum Gasteiger partial charge on any atom is -0.435 e. The summed E-state index contributed by atoms with van der Waals surface area (Å²) in [6, 6.07) is 0. The number of allylic oxidation sites excluding steroid dienone is 1. The Hall–Kier alpha value is 0.134. The Morgan fingerprint density at radius 1 is 1.71 bits per heavy atom. The van der Waals surface area contributed by atoms with Crippen molar-refractivity contribution < 1.29 is 4.80 Å². The Kier molecular flexibility index (Phi) is 3.24. The first kappa shape index (κ1) is 7.13. The lowest BCUT2D eigenvalue weighted by molar-refractivity contribution is 0.605. The van der Waals surface area contributed by atoms with Crippen LogP contribution in [0.4, 0.5) is 0 Å². The molecule has 0 aliphatic carbocycles. The molecule has 1 N–H and O–H groups in total. The number of hydrogen-bond acceptors (Lipinski definition) is 1. The van der Waals surface area contributed by atoms with Gasteiger partial charge >= 0.3 is 0 Å². The molecular formula is C4H12OSi2. The van der Waals surface area contributed by atoms with Gasteiger partial charge in [0, 0.05) is 9.76 Å². The van der Waals surface area contributed by atoms with Gasteiger partial charge in [-0.3, -0.25) is 0 Å². The summed E-state index contributed by atoms with van der Waals surface area (Å²) >= 11 is 0. The van der Waals surface area contributed by atoms with Gasteiger partial charge in [0.2, 0.25) is 0 Å². The molecule has 0 heterocycles. The van der Waals surface area contributed by atoms with Crippen LogP contribution >= 0.6 is 0 Å². The predicted molar refractivity (Wildman–Crippen MR) is 38.7 cm³/mol. The highest BCUT2D eigenvalue weighted by atomic mass is 29.2. The molecule has 1 nitrogen and oxygen atoms in total.